The average molecular weight is 222 g/mol. The van der Waals surface area contributed by atoms with Crippen LogP contribution in [0, 0.1) is 0 Å². The molecule has 2 heteroatoms. The van der Waals surface area contributed by atoms with Gasteiger partial charge < -0.3 is 0 Å². The summed E-state index contributed by atoms with van der Waals surface area (Å²) in [7, 11) is 2.09. The number of ketones is 1. The Bertz CT molecular complexity index is 479. The van der Waals surface area contributed by atoms with Crippen LogP contribution in [0.15, 0.2) is 60.7 Å². The number of carbonyl (C=O) groups is 1. The van der Waals surface area contributed by atoms with Crippen molar-refractivity contribution in [3.8, 4) is 0 Å². The quantitative estimate of drug-likeness (QED) is 0.574. The molecule has 2 aromatic carbocycles. The van der Waals surface area contributed by atoms with Crippen LogP contribution in [0.4, 0.5) is 0 Å². The van der Waals surface area contributed by atoms with Crippen molar-refractivity contribution in [3.05, 3.63) is 71.8 Å². The van der Waals surface area contributed by atoms with Gasteiger partial charge in [-0.25, -0.2) is 0 Å². The van der Waals surface area contributed by atoms with E-state index in [4.69, 9.17) is 0 Å². The fourth-order valence-corrected chi connectivity index (χ4v) is 1.92. The highest BCUT2D eigenvalue weighted by atomic mass is 16.1. The Morgan fingerprint density at radius 3 is 2.06 bits per heavy atom. The number of hydrogen-bond donors (Lipinski definition) is 0. The molecule has 0 aromatic heterocycles. The van der Waals surface area contributed by atoms with Gasteiger partial charge in [-0.1, -0.05) is 66.2 Å². The lowest BCUT2D eigenvalue weighted by Crippen LogP contribution is -2.07. The largest absolute Gasteiger partial charge is 0.294 e. The molecule has 0 amide bonds. The van der Waals surface area contributed by atoms with Crippen LogP contribution in [0.2, 0.25) is 0 Å². The monoisotopic (exact) mass is 222 g/mol. The van der Waals surface area contributed by atoms with E-state index in [0.717, 1.165) is 5.56 Å². The summed E-state index contributed by atoms with van der Waals surface area (Å²) in [5, 5.41) is 0. The van der Waals surface area contributed by atoms with E-state index in [-0.39, 0.29) is 11.6 Å². The Hall–Kier alpha value is -1.83. The van der Waals surface area contributed by atoms with Crippen molar-refractivity contribution in [2.24, 2.45) is 0 Å². The normalized spacial score (nSPS) is 12.0. The third-order valence-electron chi connectivity index (χ3n) is 2.96. The molecule has 2 aromatic rings. The minimum absolute atomic E-state index is 0.210. The van der Waals surface area contributed by atoms with E-state index in [2.05, 4.69) is 20.0 Å². The fraction of sp³-hybridized carbons (Fsp3) is 0.133. The van der Waals surface area contributed by atoms with E-state index in [1.807, 2.05) is 48.5 Å². The maximum Gasteiger partial charge on any atom is 0.162 e. The predicted molar refractivity (Wildman–Crippen MR) is 73.1 cm³/mol. The molecule has 17 heavy (non-hydrogen) atoms. The van der Waals surface area contributed by atoms with Gasteiger partial charge in [-0.05, 0) is 5.82 Å². The molecular weight excluding hydrogens is 207 g/mol. The minimum Gasteiger partial charge on any atom is -0.294 e. The summed E-state index contributed by atoms with van der Waals surface area (Å²) >= 11 is 0. The SMILES string of the molecule is B[C@H](CC(=O)c1ccccc1)c1ccccc1. The number of hydrogen-bond acceptors (Lipinski definition) is 1. The number of rotatable bonds is 4. The minimum atomic E-state index is 0.210. The molecule has 0 fully saturated rings. The van der Waals surface area contributed by atoms with Gasteiger partial charge in [0.05, 0.1) is 0 Å². The van der Waals surface area contributed by atoms with Crippen molar-refractivity contribution in [2.45, 2.75) is 12.2 Å². The van der Waals surface area contributed by atoms with Crippen molar-refractivity contribution in [3.63, 3.8) is 0 Å². The van der Waals surface area contributed by atoms with E-state index in [9.17, 15) is 4.79 Å². The molecule has 0 aliphatic rings. The van der Waals surface area contributed by atoms with Gasteiger partial charge in [-0.15, -0.1) is 0 Å². The van der Waals surface area contributed by atoms with Crippen molar-refractivity contribution < 1.29 is 4.79 Å². The smallest absolute Gasteiger partial charge is 0.162 e. The molecule has 1 atom stereocenters. The number of benzene rings is 2. The topological polar surface area (TPSA) is 17.1 Å². The Morgan fingerprint density at radius 1 is 0.941 bits per heavy atom. The van der Waals surface area contributed by atoms with Crippen LogP contribution < -0.4 is 0 Å². The molecule has 84 valence electrons. The lowest BCUT2D eigenvalue weighted by molar-refractivity contribution is 0.0981. The second kappa shape index (κ2) is 5.49. The van der Waals surface area contributed by atoms with Crippen LogP contribution in [0.3, 0.4) is 0 Å². The van der Waals surface area contributed by atoms with Gasteiger partial charge in [0.1, 0.15) is 7.85 Å². The molecule has 0 N–H and O–H groups in total. The lowest BCUT2D eigenvalue weighted by atomic mass is 9.77. The second-order valence-electron chi connectivity index (χ2n) is 4.31. The zero-order valence-electron chi connectivity index (χ0n) is 9.97. The summed E-state index contributed by atoms with van der Waals surface area (Å²) < 4.78 is 0. The maximum absolute atomic E-state index is 12.0. The fourth-order valence-electron chi connectivity index (χ4n) is 1.92. The first kappa shape index (κ1) is 11.7. The molecule has 0 radical (unpaired) electrons. The standard InChI is InChI=1S/C15H15BO/c16-14(12-7-3-1-4-8-12)11-15(17)13-9-5-2-6-10-13/h1-10,14H,11,16H2/t14-/m1/s1. The van der Waals surface area contributed by atoms with E-state index >= 15 is 0 Å². The summed E-state index contributed by atoms with van der Waals surface area (Å²) in [4.78, 5) is 12.0. The highest BCUT2D eigenvalue weighted by molar-refractivity contribution is 6.15. The van der Waals surface area contributed by atoms with E-state index < -0.39 is 0 Å². The lowest BCUT2D eigenvalue weighted by Gasteiger charge is -2.10. The molecule has 1 nitrogen and oxygen atoms in total. The van der Waals surface area contributed by atoms with Crippen LogP contribution >= 0.6 is 0 Å². The summed E-state index contributed by atoms with van der Waals surface area (Å²) in [5.74, 6) is 0.478. The number of carbonyl (C=O) groups excluding carboxylic acids is 1. The Kier molecular flexibility index (Phi) is 3.76. The average Bonchev–Trinajstić information content (AvgIpc) is 2.40. The summed E-state index contributed by atoms with van der Waals surface area (Å²) in [5.41, 5.74) is 2.02. The molecule has 0 unspecified atom stereocenters. The molecule has 0 heterocycles. The van der Waals surface area contributed by atoms with Gasteiger partial charge in [-0.2, -0.15) is 0 Å². The molecule has 0 aliphatic carbocycles. The van der Waals surface area contributed by atoms with Gasteiger partial charge in [0, 0.05) is 12.0 Å². The first-order chi connectivity index (χ1) is 8.27. The Morgan fingerprint density at radius 2 is 1.47 bits per heavy atom. The first-order valence-electron chi connectivity index (χ1n) is 5.90. The molecule has 2 rings (SSSR count). The van der Waals surface area contributed by atoms with E-state index in [0.29, 0.717) is 6.42 Å². The van der Waals surface area contributed by atoms with Gasteiger partial charge >= 0.3 is 0 Å². The van der Waals surface area contributed by atoms with Gasteiger partial charge in [0.2, 0.25) is 0 Å². The van der Waals surface area contributed by atoms with Crippen molar-refractivity contribution in [1.82, 2.24) is 0 Å². The Balaban J connectivity index is 2.05. The van der Waals surface area contributed by atoms with E-state index in [1.54, 1.807) is 0 Å². The first-order valence-corrected chi connectivity index (χ1v) is 5.90. The second-order valence-corrected chi connectivity index (χ2v) is 4.31. The zero-order valence-corrected chi connectivity index (χ0v) is 9.97. The van der Waals surface area contributed by atoms with Crippen molar-refractivity contribution in [1.29, 1.82) is 0 Å². The summed E-state index contributed by atoms with van der Waals surface area (Å²) in [6, 6.07) is 19.6. The van der Waals surface area contributed by atoms with Crippen molar-refractivity contribution in [2.75, 3.05) is 0 Å². The van der Waals surface area contributed by atoms with Crippen molar-refractivity contribution >= 4 is 13.6 Å². The van der Waals surface area contributed by atoms with Crippen LogP contribution in [0.25, 0.3) is 0 Å². The van der Waals surface area contributed by atoms with Crippen LogP contribution in [-0.4, -0.2) is 13.6 Å². The van der Waals surface area contributed by atoms with Crippen LogP contribution in [0.5, 0.6) is 0 Å². The third-order valence-corrected chi connectivity index (χ3v) is 2.96. The van der Waals surface area contributed by atoms with Gasteiger partial charge in [0.15, 0.2) is 5.78 Å². The molecule has 0 saturated heterocycles. The van der Waals surface area contributed by atoms with Crippen LogP contribution in [0.1, 0.15) is 28.2 Å². The van der Waals surface area contributed by atoms with Crippen LogP contribution in [-0.2, 0) is 0 Å². The molecule has 0 aliphatic heterocycles. The highest BCUT2D eigenvalue weighted by Gasteiger charge is 2.12. The third kappa shape index (κ3) is 3.07. The predicted octanol–water partition coefficient (Wildman–Crippen LogP) is 2.63. The maximum atomic E-state index is 12.0. The summed E-state index contributed by atoms with van der Waals surface area (Å²) in [6.45, 7) is 0. The van der Waals surface area contributed by atoms with Gasteiger partial charge in [0.25, 0.3) is 0 Å². The molecule has 0 bridgehead atoms. The molecule has 0 saturated carbocycles. The Labute approximate surface area is 103 Å². The van der Waals surface area contributed by atoms with Gasteiger partial charge in [-0.3, -0.25) is 4.79 Å². The van der Waals surface area contributed by atoms with E-state index in [1.165, 1.54) is 5.56 Å². The zero-order chi connectivity index (χ0) is 12.1. The number of Topliss-reactive ketones (excluding diaryl/α,β-unsaturated/α-hetero) is 1. The molecule has 0 spiro atoms. The highest BCUT2D eigenvalue weighted by Crippen LogP contribution is 2.18. The molecular formula is C15H15BO. The summed E-state index contributed by atoms with van der Waals surface area (Å²) in [6.07, 6.45) is 0.564.